The number of aliphatic hydroxyl groups is 1. The monoisotopic (exact) mass is 490 g/mol. The van der Waals surface area contributed by atoms with E-state index in [-0.39, 0.29) is 18.8 Å². The number of halogens is 3. The van der Waals surface area contributed by atoms with E-state index in [4.69, 9.17) is 0 Å². The molecule has 3 N–H and O–H groups in total. The molecule has 35 heavy (non-hydrogen) atoms. The van der Waals surface area contributed by atoms with Crippen LogP contribution < -0.4 is 5.32 Å². The fourth-order valence-electron chi connectivity index (χ4n) is 4.69. The van der Waals surface area contributed by atoms with Gasteiger partial charge in [0.15, 0.2) is 0 Å². The molecule has 0 bridgehead atoms. The summed E-state index contributed by atoms with van der Waals surface area (Å²) in [5, 5.41) is 31.9. The molecule has 0 spiro atoms. The number of aryl methyl sites for hydroxylation is 1. The SMILES string of the molecule is Cc1cc(Nc2nccc(C(F)(F)F)n2)cc(-n2cc([C@@]3(O)CC[C@H](C(=O)O)C(C)(C)C3)nn2)c1. The van der Waals surface area contributed by atoms with E-state index >= 15 is 0 Å². The van der Waals surface area contributed by atoms with E-state index in [0.717, 1.165) is 17.8 Å². The first-order valence-electron chi connectivity index (χ1n) is 10.9. The molecule has 1 aliphatic rings. The minimum Gasteiger partial charge on any atom is -0.481 e. The molecule has 1 saturated carbocycles. The molecule has 2 aromatic heterocycles. The molecule has 4 rings (SSSR count). The summed E-state index contributed by atoms with van der Waals surface area (Å²) in [5.41, 5.74) is -0.920. The highest BCUT2D eigenvalue weighted by Crippen LogP contribution is 2.49. The lowest BCUT2D eigenvalue weighted by Crippen LogP contribution is -2.44. The van der Waals surface area contributed by atoms with E-state index in [0.29, 0.717) is 23.5 Å². The van der Waals surface area contributed by atoms with Gasteiger partial charge >= 0.3 is 12.1 Å². The van der Waals surface area contributed by atoms with E-state index in [1.54, 1.807) is 24.4 Å². The Morgan fingerprint density at radius 2 is 2.00 bits per heavy atom. The van der Waals surface area contributed by atoms with Gasteiger partial charge < -0.3 is 15.5 Å². The van der Waals surface area contributed by atoms with Crippen molar-refractivity contribution in [2.45, 2.75) is 51.8 Å². The van der Waals surface area contributed by atoms with Gasteiger partial charge in [-0.25, -0.2) is 14.6 Å². The topological polar surface area (TPSA) is 126 Å². The molecule has 9 nitrogen and oxygen atoms in total. The van der Waals surface area contributed by atoms with Crippen molar-refractivity contribution in [3.63, 3.8) is 0 Å². The number of carboxylic acid groups (broad SMARTS) is 1. The summed E-state index contributed by atoms with van der Waals surface area (Å²) in [6.45, 7) is 5.44. The van der Waals surface area contributed by atoms with Crippen LogP contribution in [0.2, 0.25) is 0 Å². The number of aliphatic carboxylic acids is 1. The molecule has 2 heterocycles. The Bertz CT molecular complexity index is 1260. The number of carboxylic acids is 1. The van der Waals surface area contributed by atoms with Crippen molar-refractivity contribution in [2.24, 2.45) is 11.3 Å². The average molecular weight is 490 g/mol. The van der Waals surface area contributed by atoms with Crippen molar-refractivity contribution >= 4 is 17.6 Å². The zero-order chi connectivity index (χ0) is 25.6. The van der Waals surface area contributed by atoms with Crippen LogP contribution in [0.4, 0.5) is 24.8 Å². The van der Waals surface area contributed by atoms with Crippen LogP contribution >= 0.6 is 0 Å². The number of benzene rings is 1. The first-order chi connectivity index (χ1) is 16.3. The second-order valence-corrected chi connectivity index (χ2v) is 9.62. The number of nitrogens with one attached hydrogen (secondary N) is 1. The standard InChI is InChI=1S/C23H25F3N6O3/c1-13-8-14(28-20-27-7-5-17(29-20)23(24,25)26)10-15(9-13)32-11-18(30-31-32)22(35)6-4-16(19(33)34)21(2,3)12-22/h5,7-11,16,35H,4,6,12H2,1-3H3,(H,33,34)(H,27,28,29)/t16-,22-/m1/s1. The van der Waals surface area contributed by atoms with Gasteiger partial charge in [0.2, 0.25) is 5.95 Å². The molecular formula is C23H25F3N6O3. The van der Waals surface area contributed by atoms with Crippen LogP contribution in [-0.2, 0) is 16.6 Å². The predicted molar refractivity (Wildman–Crippen MR) is 119 cm³/mol. The maximum absolute atomic E-state index is 13.0. The predicted octanol–water partition coefficient (Wildman–Crippen LogP) is 4.23. The number of hydrogen-bond acceptors (Lipinski definition) is 7. The van der Waals surface area contributed by atoms with Crippen molar-refractivity contribution in [3.05, 3.63) is 53.6 Å². The fraction of sp³-hybridized carbons (Fsp3) is 0.435. The largest absolute Gasteiger partial charge is 0.481 e. The highest BCUT2D eigenvalue weighted by atomic mass is 19.4. The van der Waals surface area contributed by atoms with Crippen LogP contribution in [0.5, 0.6) is 0 Å². The van der Waals surface area contributed by atoms with E-state index < -0.39 is 34.8 Å². The maximum Gasteiger partial charge on any atom is 0.433 e. The molecule has 0 amide bonds. The van der Waals surface area contributed by atoms with Gasteiger partial charge in [0.25, 0.3) is 0 Å². The molecule has 0 saturated heterocycles. The number of alkyl halides is 3. The Morgan fingerprint density at radius 1 is 1.26 bits per heavy atom. The quantitative estimate of drug-likeness (QED) is 0.485. The summed E-state index contributed by atoms with van der Waals surface area (Å²) < 4.78 is 40.4. The summed E-state index contributed by atoms with van der Waals surface area (Å²) in [6, 6.07) is 5.95. The Balaban J connectivity index is 1.59. The van der Waals surface area contributed by atoms with Gasteiger partial charge in [-0.1, -0.05) is 19.1 Å². The maximum atomic E-state index is 13.0. The van der Waals surface area contributed by atoms with E-state index in [1.807, 2.05) is 20.8 Å². The van der Waals surface area contributed by atoms with Gasteiger partial charge in [0, 0.05) is 11.9 Å². The molecule has 1 aliphatic carbocycles. The van der Waals surface area contributed by atoms with Gasteiger partial charge in [-0.05, 0) is 61.4 Å². The molecule has 0 unspecified atom stereocenters. The number of hydrogen-bond donors (Lipinski definition) is 3. The fourth-order valence-corrected chi connectivity index (χ4v) is 4.69. The highest BCUT2D eigenvalue weighted by Gasteiger charge is 2.49. The molecular weight excluding hydrogens is 465 g/mol. The molecule has 0 aliphatic heterocycles. The normalized spacial score (nSPS) is 22.1. The number of carbonyl (C=O) groups is 1. The molecule has 0 radical (unpaired) electrons. The Morgan fingerprint density at radius 3 is 2.66 bits per heavy atom. The lowest BCUT2D eigenvalue weighted by Gasteiger charge is -2.44. The number of aromatic nitrogens is 5. The minimum absolute atomic E-state index is 0.206. The van der Waals surface area contributed by atoms with Crippen molar-refractivity contribution in [1.82, 2.24) is 25.0 Å². The number of nitrogens with zero attached hydrogens (tertiary/aromatic N) is 5. The van der Waals surface area contributed by atoms with Gasteiger partial charge in [-0.3, -0.25) is 4.79 Å². The van der Waals surface area contributed by atoms with Crippen LogP contribution in [0.3, 0.4) is 0 Å². The summed E-state index contributed by atoms with van der Waals surface area (Å²) in [6.07, 6.45) is -1.23. The summed E-state index contributed by atoms with van der Waals surface area (Å²) in [7, 11) is 0. The van der Waals surface area contributed by atoms with Crippen LogP contribution in [-0.4, -0.2) is 41.1 Å². The average Bonchev–Trinajstić information content (AvgIpc) is 3.23. The van der Waals surface area contributed by atoms with Crippen LogP contribution in [0.25, 0.3) is 5.69 Å². The van der Waals surface area contributed by atoms with E-state index in [1.165, 1.54) is 4.68 Å². The van der Waals surface area contributed by atoms with E-state index in [2.05, 4.69) is 25.6 Å². The van der Waals surface area contributed by atoms with Crippen molar-refractivity contribution in [2.75, 3.05) is 5.32 Å². The van der Waals surface area contributed by atoms with Gasteiger partial charge in [-0.2, -0.15) is 13.2 Å². The van der Waals surface area contributed by atoms with Gasteiger partial charge in [-0.15, -0.1) is 5.10 Å². The Hall–Kier alpha value is -3.54. The van der Waals surface area contributed by atoms with Crippen molar-refractivity contribution in [1.29, 1.82) is 0 Å². The third-order valence-electron chi connectivity index (χ3n) is 6.34. The molecule has 1 aromatic carbocycles. The van der Waals surface area contributed by atoms with Crippen LogP contribution in [0.1, 0.15) is 50.1 Å². The lowest BCUT2D eigenvalue weighted by atomic mass is 9.62. The zero-order valence-electron chi connectivity index (χ0n) is 19.3. The second kappa shape index (κ2) is 8.59. The zero-order valence-corrected chi connectivity index (χ0v) is 19.3. The summed E-state index contributed by atoms with van der Waals surface area (Å²) in [5.74, 6) is -1.66. The lowest BCUT2D eigenvalue weighted by molar-refractivity contribution is -0.154. The molecule has 12 heteroatoms. The Kier molecular flexibility index (Phi) is 6.04. The highest BCUT2D eigenvalue weighted by molar-refractivity contribution is 5.71. The Labute approximate surface area is 199 Å². The van der Waals surface area contributed by atoms with E-state index in [9.17, 15) is 28.2 Å². The third-order valence-corrected chi connectivity index (χ3v) is 6.34. The number of rotatable bonds is 5. The molecule has 1 fully saturated rings. The minimum atomic E-state index is -4.59. The first-order valence-corrected chi connectivity index (χ1v) is 10.9. The smallest absolute Gasteiger partial charge is 0.433 e. The van der Waals surface area contributed by atoms with Gasteiger partial charge in [0.1, 0.15) is 17.0 Å². The van der Waals surface area contributed by atoms with Crippen molar-refractivity contribution in [3.8, 4) is 5.69 Å². The summed E-state index contributed by atoms with van der Waals surface area (Å²) >= 11 is 0. The molecule has 3 aromatic rings. The van der Waals surface area contributed by atoms with Crippen molar-refractivity contribution < 1.29 is 28.2 Å². The van der Waals surface area contributed by atoms with Gasteiger partial charge in [0.05, 0.1) is 17.8 Å². The van der Waals surface area contributed by atoms with Crippen LogP contribution in [0.15, 0.2) is 36.7 Å². The number of anilines is 2. The third kappa shape index (κ3) is 5.11. The van der Waals surface area contributed by atoms with Crippen LogP contribution in [0, 0.1) is 18.3 Å². The second-order valence-electron chi connectivity index (χ2n) is 9.62. The first kappa shape index (κ1) is 24.6. The molecule has 2 atom stereocenters. The summed E-state index contributed by atoms with van der Waals surface area (Å²) in [4.78, 5) is 19.0. The molecule has 186 valence electrons.